The molecule has 0 spiro atoms. The van der Waals surface area contributed by atoms with Gasteiger partial charge in [-0.15, -0.1) is 0 Å². The Labute approximate surface area is 179 Å². The lowest BCUT2D eigenvalue weighted by atomic mass is 10.0. The average Bonchev–Trinajstić information content (AvgIpc) is 2.73. The van der Waals surface area contributed by atoms with Gasteiger partial charge in [0.05, 0.1) is 31.1 Å². The van der Waals surface area contributed by atoms with Crippen molar-refractivity contribution in [1.82, 2.24) is 9.62 Å². The molecule has 30 heavy (non-hydrogen) atoms. The molecule has 0 aliphatic carbocycles. The molecule has 2 aromatic carbocycles. The molecule has 1 fully saturated rings. The van der Waals surface area contributed by atoms with Gasteiger partial charge in [-0.25, -0.2) is 8.42 Å². The molecular formula is C23H32N3O3S+. The number of hydrogen-bond donors (Lipinski definition) is 2. The molecule has 1 aliphatic heterocycles. The Kier molecular flexibility index (Phi) is 7.28. The normalized spacial score (nSPS) is 16.9. The first-order valence-corrected chi connectivity index (χ1v) is 11.9. The second-order valence-corrected chi connectivity index (χ2v) is 10.1. The minimum atomic E-state index is -3.49. The van der Waals surface area contributed by atoms with Crippen LogP contribution in [-0.4, -0.2) is 57.9 Å². The fourth-order valence-corrected chi connectivity index (χ4v) is 5.55. The molecule has 7 heteroatoms. The van der Waals surface area contributed by atoms with Gasteiger partial charge in [0, 0.05) is 6.54 Å². The van der Waals surface area contributed by atoms with Crippen LogP contribution >= 0.6 is 0 Å². The van der Waals surface area contributed by atoms with E-state index in [4.69, 9.17) is 0 Å². The zero-order chi connectivity index (χ0) is 21.7. The number of sulfonamides is 1. The van der Waals surface area contributed by atoms with Crippen LogP contribution in [0.1, 0.15) is 29.5 Å². The van der Waals surface area contributed by atoms with Gasteiger partial charge in [0.25, 0.3) is 5.91 Å². The average molecular weight is 431 g/mol. The van der Waals surface area contributed by atoms with Gasteiger partial charge in [0.1, 0.15) is 0 Å². The predicted octanol–water partition coefficient (Wildman–Crippen LogP) is 1.11. The van der Waals surface area contributed by atoms with Crippen LogP contribution in [-0.2, 0) is 14.8 Å². The fraction of sp³-hybridized carbons (Fsp3) is 0.435. The number of benzene rings is 2. The first kappa shape index (κ1) is 22.5. The van der Waals surface area contributed by atoms with Crippen LogP contribution in [0.4, 0.5) is 0 Å². The third kappa shape index (κ3) is 5.47. The summed E-state index contributed by atoms with van der Waals surface area (Å²) in [5.74, 6) is 0.267. The van der Waals surface area contributed by atoms with Crippen LogP contribution in [0.5, 0.6) is 0 Å². The predicted molar refractivity (Wildman–Crippen MR) is 118 cm³/mol. The molecule has 1 aliphatic rings. The maximum Gasteiger partial charge on any atom is 0.275 e. The molecule has 0 saturated carbocycles. The molecule has 0 bridgehead atoms. The summed E-state index contributed by atoms with van der Waals surface area (Å²) in [6.45, 7) is 8.98. The molecular weight excluding hydrogens is 398 g/mol. The molecule has 1 heterocycles. The van der Waals surface area contributed by atoms with Crippen molar-refractivity contribution in [1.29, 1.82) is 0 Å². The highest BCUT2D eigenvalue weighted by Crippen LogP contribution is 2.20. The molecule has 162 valence electrons. The van der Waals surface area contributed by atoms with Gasteiger partial charge >= 0.3 is 0 Å². The third-order valence-electron chi connectivity index (χ3n) is 5.76. The van der Waals surface area contributed by atoms with Crippen molar-refractivity contribution in [2.45, 2.75) is 31.6 Å². The summed E-state index contributed by atoms with van der Waals surface area (Å²) in [6, 6.07) is 15.6. The summed E-state index contributed by atoms with van der Waals surface area (Å²) in [4.78, 5) is 13.9. The number of nitrogens with one attached hydrogen (secondary N) is 2. The summed E-state index contributed by atoms with van der Waals surface area (Å²) in [5.41, 5.74) is 3.03. The molecule has 3 rings (SSSR count). The van der Waals surface area contributed by atoms with Crippen molar-refractivity contribution in [3.63, 3.8) is 0 Å². The van der Waals surface area contributed by atoms with Crippen molar-refractivity contribution in [2.75, 3.05) is 39.3 Å². The maximum atomic E-state index is 13.0. The number of amides is 1. The molecule has 0 aromatic heterocycles. The van der Waals surface area contributed by atoms with E-state index in [1.807, 2.05) is 44.2 Å². The van der Waals surface area contributed by atoms with Crippen molar-refractivity contribution < 1.29 is 18.1 Å². The van der Waals surface area contributed by atoms with E-state index in [2.05, 4.69) is 24.4 Å². The summed E-state index contributed by atoms with van der Waals surface area (Å²) in [6.07, 6.45) is 0. The Morgan fingerprint density at radius 3 is 2.40 bits per heavy atom. The van der Waals surface area contributed by atoms with Gasteiger partial charge in [0.15, 0.2) is 6.54 Å². The highest BCUT2D eigenvalue weighted by Gasteiger charge is 2.32. The SMILES string of the molecule is Cc1ccc(S(=O)(=O)N2CC[NH+](CC(=O)NC[C@@H](C)c3ccccc3)CC2)c(C)c1. The Morgan fingerprint density at radius 1 is 1.10 bits per heavy atom. The Morgan fingerprint density at radius 2 is 1.77 bits per heavy atom. The van der Waals surface area contributed by atoms with Gasteiger partial charge in [-0.1, -0.05) is 55.0 Å². The monoisotopic (exact) mass is 430 g/mol. The van der Waals surface area contributed by atoms with Crippen LogP contribution < -0.4 is 10.2 Å². The van der Waals surface area contributed by atoms with E-state index < -0.39 is 10.0 Å². The lowest BCUT2D eigenvalue weighted by Gasteiger charge is -2.31. The molecule has 1 amide bonds. The lowest BCUT2D eigenvalue weighted by molar-refractivity contribution is -0.895. The van der Waals surface area contributed by atoms with Gasteiger partial charge in [-0.3, -0.25) is 4.79 Å². The van der Waals surface area contributed by atoms with Crippen LogP contribution in [0, 0.1) is 13.8 Å². The van der Waals surface area contributed by atoms with Gasteiger partial charge in [0.2, 0.25) is 10.0 Å². The Balaban J connectivity index is 1.48. The number of carbonyl (C=O) groups excluding carboxylic acids is 1. The van der Waals surface area contributed by atoms with Crippen molar-refractivity contribution >= 4 is 15.9 Å². The third-order valence-corrected chi connectivity index (χ3v) is 7.82. The maximum absolute atomic E-state index is 13.0. The van der Waals surface area contributed by atoms with Crippen LogP contribution in [0.25, 0.3) is 0 Å². The molecule has 0 unspecified atom stereocenters. The summed E-state index contributed by atoms with van der Waals surface area (Å²) in [5, 5.41) is 3.02. The van der Waals surface area contributed by atoms with Gasteiger partial charge < -0.3 is 10.2 Å². The quantitative estimate of drug-likeness (QED) is 0.691. The van der Waals surface area contributed by atoms with Crippen LogP contribution in [0.15, 0.2) is 53.4 Å². The number of nitrogens with zero attached hydrogens (tertiary/aromatic N) is 1. The summed E-state index contributed by atoms with van der Waals surface area (Å²) >= 11 is 0. The second-order valence-electron chi connectivity index (χ2n) is 8.22. The van der Waals surface area contributed by atoms with E-state index >= 15 is 0 Å². The van der Waals surface area contributed by atoms with E-state index in [-0.39, 0.29) is 11.8 Å². The smallest absolute Gasteiger partial charge is 0.275 e. The fourth-order valence-electron chi connectivity index (χ4n) is 3.90. The Bertz CT molecular complexity index is 968. The number of carbonyl (C=O) groups is 1. The highest BCUT2D eigenvalue weighted by atomic mass is 32.2. The summed E-state index contributed by atoms with van der Waals surface area (Å²) < 4.78 is 27.5. The first-order chi connectivity index (χ1) is 14.3. The van der Waals surface area contributed by atoms with E-state index in [1.165, 1.54) is 5.56 Å². The number of hydrogen-bond acceptors (Lipinski definition) is 3. The van der Waals surface area contributed by atoms with E-state index in [9.17, 15) is 13.2 Å². The zero-order valence-electron chi connectivity index (χ0n) is 18.0. The minimum Gasteiger partial charge on any atom is -0.351 e. The Hall–Kier alpha value is -2.22. The number of rotatable bonds is 7. The van der Waals surface area contributed by atoms with E-state index in [1.54, 1.807) is 10.4 Å². The number of quaternary nitrogens is 1. The number of piperazine rings is 1. The molecule has 0 radical (unpaired) electrons. The molecule has 6 nitrogen and oxygen atoms in total. The first-order valence-electron chi connectivity index (χ1n) is 10.5. The van der Waals surface area contributed by atoms with Gasteiger partial charge in [-0.05, 0) is 37.0 Å². The highest BCUT2D eigenvalue weighted by molar-refractivity contribution is 7.89. The van der Waals surface area contributed by atoms with Crippen LogP contribution in [0.2, 0.25) is 0 Å². The van der Waals surface area contributed by atoms with Crippen molar-refractivity contribution in [3.05, 3.63) is 65.2 Å². The molecule has 1 atom stereocenters. The van der Waals surface area contributed by atoms with Crippen molar-refractivity contribution in [3.8, 4) is 0 Å². The minimum absolute atomic E-state index is 0.0125. The van der Waals surface area contributed by atoms with E-state index in [0.29, 0.717) is 44.2 Å². The topological polar surface area (TPSA) is 70.9 Å². The van der Waals surface area contributed by atoms with Crippen molar-refractivity contribution in [2.24, 2.45) is 0 Å². The zero-order valence-corrected chi connectivity index (χ0v) is 18.8. The number of aryl methyl sites for hydroxylation is 2. The second kappa shape index (κ2) is 9.73. The van der Waals surface area contributed by atoms with E-state index in [0.717, 1.165) is 16.0 Å². The molecule has 2 N–H and O–H groups in total. The van der Waals surface area contributed by atoms with Gasteiger partial charge in [-0.2, -0.15) is 4.31 Å². The lowest BCUT2D eigenvalue weighted by Crippen LogP contribution is -3.15. The largest absolute Gasteiger partial charge is 0.351 e. The molecule has 1 saturated heterocycles. The molecule has 2 aromatic rings. The summed E-state index contributed by atoms with van der Waals surface area (Å²) in [7, 11) is -3.49. The van der Waals surface area contributed by atoms with Crippen LogP contribution in [0.3, 0.4) is 0 Å². The standard InChI is InChI=1S/C23H31N3O3S/c1-18-9-10-22(19(2)15-18)30(28,29)26-13-11-25(12-14-26)17-23(27)24-16-20(3)21-7-5-4-6-8-21/h4-10,15,20H,11-14,16-17H2,1-3H3,(H,24,27)/p+1/t20-/m1/s1.